The molecule has 0 bridgehead atoms. The van der Waals surface area contributed by atoms with Gasteiger partial charge in [0.05, 0.1) is 4.92 Å². The van der Waals surface area contributed by atoms with Crippen molar-refractivity contribution >= 4 is 5.84 Å². The summed E-state index contributed by atoms with van der Waals surface area (Å²) in [6, 6.07) is 8.27. The number of amidine groups is 1. The first-order chi connectivity index (χ1) is 11.6. The Morgan fingerprint density at radius 2 is 1.88 bits per heavy atom. The second-order valence-corrected chi connectivity index (χ2v) is 6.05. The number of halogens is 1. The normalized spacial score (nSPS) is 18.2. The molecule has 2 aliphatic heterocycles. The van der Waals surface area contributed by atoms with Gasteiger partial charge in [-0.2, -0.15) is 0 Å². The van der Waals surface area contributed by atoms with Gasteiger partial charge in [-0.05, 0) is 30.9 Å². The SMILES string of the molecule is CC1=NC(N2CCc3ccccc3CC2)=C([N+](=O)[O-])CN1CCF. The Labute approximate surface area is 140 Å². The molecule has 0 aliphatic carbocycles. The number of fused-ring (bicyclic) bond motifs is 1. The topological polar surface area (TPSA) is 62.0 Å². The van der Waals surface area contributed by atoms with E-state index in [4.69, 9.17) is 0 Å². The van der Waals surface area contributed by atoms with E-state index >= 15 is 0 Å². The molecule has 2 heterocycles. The summed E-state index contributed by atoms with van der Waals surface area (Å²) < 4.78 is 12.6. The van der Waals surface area contributed by atoms with Crippen LogP contribution < -0.4 is 0 Å². The zero-order valence-electron chi connectivity index (χ0n) is 13.7. The summed E-state index contributed by atoms with van der Waals surface area (Å²) in [6.07, 6.45) is 1.68. The van der Waals surface area contributed by atoms with Crippen molar-refractivity contribution in [1.29, 1.82) is 0 Å². The molecule has 2 aliphatic rings. The first kappa shape index (κ1) is 16.4. The largest absolute Gasteiger partial charge is 0.350 e. The number of alkyl halides is 1. The van der Waals surface area contributed by atoms with Crippen molar-refractivity contribution in [2.75, 3.05) is 32.9 Å². The molecule has 7 heteroatoms. The lowest BCUT2D eigenvalue weighted by Crippen LogP contribution is -2.40. The maximum atomic E-state index is 12.6. The van der Waals surface area contributed by atoms with Crippen molar-refractivity contribution in [3.8, 4) is 0 Å². The van der Waals surface area contributed by atoms with E-state index in [1.165, 1.54) is 11.1 Å². The average molecular weight is 332 g/mol. The maximum Gasteiger partial charge on any atom is 0.307 e. The van der Waals surface area contributed by atoms with E-state index in [1.807, 2.05) is 17.0 Å². The number of nitro groups is 1. The molecule has 0 fully saturated rings. The van der Waals surface area contributed by atoms with Gasteiger partial charge < -0.3 is 9.80 Å². The molecule has 0 radical (unpaired) electrons. The van der Waals surface area contributed by atoms with Crippen LogP contribution in [0, 0.1) is 10.1 Å². The molecule has 3 rings (SSSR count). The van der Waals surface area contributed by atoms with E-state index in [0.29, 0.717) is 24.7 Å². The molecule has 0 atom stereocenters. The molecule has 1 aromatic carbocycles. The minimum atomic E-state index is -0.549. The first-order valence-electron chi connectivity index (χ1n) is 8.15. The Bertz CT molecular complexity index is 675. The molecule has 6 nitrogen and oxygen atoms in total. The van der Waals surface area contributed by atoms with Crippen LogP contribution in [0.3, 0.4) is 0 Å². The Balaban J connectivity index is 1.87. The summed E-state index contributed by atoms with van der Waals surface area (Å²) >= 11 is 0. The van der Waals surface area contributed by atoms with Crippen LogP contribution >= 0.6 is 0 Å². The van der Waals surface area contributed by atoms with Crippen LogP contribution in [-0.2, 0) is 12.8 Å². The lowest BCUT2D eigenvalue weighted by molar-refractivity contribution is -0.430. The molecular formula is C17H21FN4O2. The van der Waals surface area contributed by atoms with Crippen molar-refractivity contribution < 1.29 is 9.31 Å². The second-order valence-electron chi connectivity index (χ2n) is 6.05. The summed E-state index contributed by atoms with van der Waals surface area (Å²) in [5, 5.41) is 11.5. The molecule has 0 aromatic heterocycles. The third-order valence-electron chi connectivity index (χ3n) is 4.62. The van der Waals surface area contributed by atoms with Gasteiger partial charge in [-0.3, -0.25) is 10.1 Å². The van der Waals surface area contributed by atoms with Gasteiger partial charge in [0.2, 0.25) is 5.82 Å². The van der Waals surface area contributed by atoms with E-state index in [2.05, 4.69) is 17.1 Å². The van der Waals surface area contributed by atoms with Gasteiger partial charge in [0.25, 0.3) is 0 Å². The van der Waals surface area contributed by atoms with Crippen LogP contribution in [0.15, 0.2) is 40.8 Å². The summed E-state index contributed by atoms with van der Waals surface area (Å²) in [5.41, 5.74) is 2.64. The summed E-state index contributed by atoms with van der Waals surface area (Å²) in [4.78, 5) is 19.2. The molecular weight excluding hydrogens is 311 g/mol. The number of hydrogen-bond acceptors (Lipinski definition) is 5. The number of rotatable bonds is 4. The summed E-state index contributed by atoms with van der Waals surface area (Å²) in [6.45, 7) is 2.86. The highest BCUT2D eigenvalue weighted by molar-refractivity contribution is 5.82. The highest BCUT2D eigenvalue weighted by Crippen LogP contribution is 2.24. The standard InChI is InChI=1S/C17H21FN4O2/c1-13-19-17(16(22(23)24)12-21(13)11-8-18)20-9-6-14-4-2-3-5-15(14)7-10-20/h2-5H,6-12H2,1H3. The Morgan fingerprint density at radius 1 is 1.25 bits per heavy atom. The van der Waals surface area contributed by atoms with Crippen LogP contribution in [0.1, 0.15) is 18.1 Å². The molecule has 128 valence electrons. The fraction of sp³-hybridized carbons (Fsp3) is 0.471. The first-order valence-corrected chi connectivity index (χ1v) is 8.15. The lowest BCUT2D eigenvalue weighted by atomic mass is 10.0. The maximum absolute atomic E-state index is 12.6. The minimum absolute atomic E-state index is 0.0556. The molecule has 0 spiro atoms. The third kappa shape index (κ3) is 3.25. The molecule has 1 aromatic rings. The van der Waals surface area contributed by atoms with Crippen LogP contribution in [-0.4, -0.2) is 53.4 Å². The monoisotopic (exact) mass is 332 g/mol. The second kappa shape index (κ2) is 6.98. The summed E-state index contributed by atoms with van der Waals surface area (Å²) in [7, 11) is 0. The van der Waals surface area contributed by atoms with Gasteiger partial charge in [-0.1, -0.05) is 24.3 Å². The molecule has 0 amide bonds. The van der Waals surface area contributed by atoms with E-state index in [0.717, 1.165) is 12.8 Å². The predicted molar refractivity (Wildman–Crippen MR) is 90.1 cm³/mol. The smallest absolute Gasteiger partial charge is 0.307 e. The summed E-state index contributed by atoms with van der Waals surface area (Å²) in [5.74, 6) is 1.07. The highest BCUT2D eigenvalue weighted by Gasteiger charge is 2.31. The molecule has 0 N–H and O–H groups in total. The lowest BCUT2D eigenvalue weighted by Gasteiger charge is -2.30. The van der Waals surface area contributed by atoms with Crippen LogP contribution in [0.4, 0.5) is 4.39 Å². The zero-order valence-corrected chi connectivity index (χ0v) is 13.7. The van der Waals surface area contributed by atoms with E-state index in [1.54, 1.807) is 11.8 Å². The van der Waals surface area contributed by atoms with Crippen molar-refractivity contribution in [3.63, 3.8) is 0 Å². The van der Waals surface area contributed by atoms with Crippen LogP contribution in [0.2, 0.25) is 0 Å². The van der Waals surface area contributed by atoms with Gasteiger partial charge in [-0.25, -0.2) is 9.38 Å². The number of hydrogen-bond donors (Lipinski definition) is 0. The predicted octanol–water partition coefficient (Wildman–Crippen LogP) is 2.24. The zero-order chi connectivity index (χ0) is 17.1. The van der Waals surface area contributed by atoms with Gasteiger partial charge in [0.1, 0.15) is 19.1 Å². The Morgan fingerprint density at radius 3 is 2.42 bits per heavy atom. The Hall–Kier alpha value is -2.44. The van der Waals surface area contributed by atoms with Gasteiger partial charge >= 0.3 is 5.70 Å². The quantitative estimate of drug-likeness (QED) is 0.627. The van der Waals surface area contributed by atoms with Crippen molar-refractivity contribution in [2.45, 2.75) is 19.8 Å². The fourth-order valence-electron chi connectivity index (χ4n) is 3.27. The van der Waals surface area contributed by atoms with Gasteiger partial charge in [-0.15, -0.1) is 0 Å². The van der Waals surface area contributed by atoms with Crippen molar-refractivity contribution in [3.05, 3.63) is 57.0 Å². The molecule has 0 unspecified atom stereocenters. The average Bonchev–Trinajstić information content (AvgIpc) is 2.79. The van der Waals surface area contributed by atoms with Crippen molar-refractivity contribution in [1.82, 2.24) is 9.80 Å². The van der Waals surface area contributed by atoms with E-state index in [-0.39, 0.29) is 23.7 Å². The molecule has 0 saturated heterocycles. The third-order valence-corrected chi connectivity index (χ3v) is 4.62. The number of aliphatic imine (C=N–C) groups is 1. The van der Waals surface area contributed by atoms with Crippen LogP contribution in [0.5, 0.6) is 0 Å². The molecule has 24 heavy (non-hydrogen) atoms. The van der Waals surface area contributed by atoms with Crippen LogP contribution in [0.25, 0.3) is 0 Å². The Kier molecular flexibility index (Phi) is 4.78. The molecule has 0 saturated carbocycles. The fourth-order valence-corrected chi connectivity index (χ4v) is 3.27. The number of nitrogens with zero attached hydrogens (tertiary/aromatic N) is 4. The number of benzene rings is 1. The van der Waals surface area contributed by atoms with Crippen molar-refractivity contribution in [2.24, 2.45) is 4.99 Å². The van der Waals surface area contributed by atoms with E-state index in [9.17, 15) is 14.5 Å². The highest BCUT2D eigenvalue weighted by atomic mass is 19.1. The van der Waals surface area contributed by atoms with Gasteiger partial charge in [0.15, 0.2) is 0 Å². The van der Waals surface area contributed by atoms with Gasteiger partial charge in [0, 0.05) is 19.6 Å². The minimum Gasteiger partial charge on any atom is -0.350 e. The van der Waals surface area contributed by atoms with E-state index < -0.39 is 6.67 Å².